The maximum Gasteiger partial charge on any atom is 0.306 e. The van der Waals surface area contributed by atoms with Crippen molar-refractivity contribution in [2.24, 2.45) is 5.92 Å². The molecule has 1 aromatic heterocycles. The average Bonchev–Trinajstić information content (AvgIpc) is 2.94. The molecule has 1 unspecified atom stereocenters. The van der Waals surface area contributed by atoms with Crippen molar-refractivity contribution in [2.45, 2.75) is 19.3 Å². The summed E-state index contributed by atoms with van der Waals surface area (Å²) >= 11 is 5.90. The van der Waals surface area contributed by atoms with Crippen LogP contribution in [0.1, 0.15) is 28.0 Å². The minimum absolute atomic E-state index is 0.228. The van der Waals surface area contributed by atoms with E-state index in [4.69, 9.17) is 11.6 Å². The summed E-state index contributed by atoms with van der Waals surface area (Å²) in [4.78, 5) is 24.5. The van der Waals surface area contributed by atoms with Gasteiger partial charge in [-0.25, -0.2) is 4.39 Å². The number of carboxylic acids is 1. The maximum absolute atomic E-state index is 13.8. The van der Waals surface area contributed by atoms with Crippen molar-refractivity contribution in [3.63, 3.8) is 0 Å². The van der Waals surface area contributed by atoms with Gasteiger partial charge in [0.25, 0.3) is 5.91 Å². The van der Waals surface area contributed by atoms with Gasteiger partial charge >= 0.3 is 5.97 Å². The van der Waals surface area contributed by atoms with Gasteiger partial charge in [0.15, 0.2) is 0 Å². The summed E-state index contributed by atoms with van der Waals surface area (Å²) in [6, 6.07) is 10.9. The number of aliphatic carboxylic acids is 1. The molecule has 0 saturated heterocycles. The quantitative estimate of drug-likeness (QED) is 0.730. The fraction of sp³-hybridized carbons (Fsp3) is 0.200. The van der Waals surface area contributed by atoms with Crippen molar-refractivity contribution in [1.82, 2.24) is 4.57 Å². The van der Waals surface area contributed by atoms with Crippen molar-refractivity contribution in [3.05, 3.63) is 70.1 Å². The van der Waals surface area contributed by atoms with Crippen molar-refractivity contribution in [1.29, 1.82) is 0 Å². The third kappa shape index (κ3) is 2.69. The molecule has 0 spiro atoms. The minimum Gasteiger partial charge on any atom is -0.481 e. The van der Waals surface area contributed by atoms with Gasteiger partial charge in [-0.1, -0.05) is 11.6 Å². The number of carbonyl (C=O) groups excluding carboxylic acids is 1. The normalized spacial score (nSPS) is 16.5. The SMILES string of the molecule is O=C(O)C1CCc2c(c3cc(F)ccc3n2C(=O)c2ccc(Cl)cc2)C1. The molecule has 0 bridgehead atoms. The summed E-state index contributed by atoms with van der Waals surface area (Å²) in [5.41, 5.74) is 2.59. The lowest BCUT2D eigenvalue weighted by atomic mass is 9.86. The third-order valence-corrected chi connectivity index (χ3v) is 5.22. The number of carbonyl (C=O) groups is 2. The summed E-state index contributed by atoms with van der Waals surface area (Å²) in [5, 5.41) is 10.5. The summed E-state index contributed by atoms with van der Waals surface area (Å²) in [5.74, 6) is -2.02. The number of carboxylic acid groups (broad SMARTS) is 1. The zero-order valence-electron chi connectivity index (χ0n) is 13.7. The Bertz CT molecular complexity index is 1040. The Balaban J connectivity index is 1.91. The molecule has 0 aliphatic heterocycles. The molecule has 1 atom stereocenters. The van der Waals surface area contributed by atoms with Crippen LogP contribution in [0.5, 0.6) is 0 Å². The highest BCUT2D eigenvalue weighted by Crippen LogP contribution is 2.35. The van der Waals surface area contributed by atoms with Crippen LogP contribution in [0, 0.1) is 11.7 Å². The first-order valence-electron chi connectivity index (χ1n) is 8.30. The molecule has 132 valence electrons. The Morgan fingerprint density at radius 3 is 2.58 bits per heavy atom. The Labute approximate surface area is 153 Å². The number of rotatable bonds is 2. The molecule has 2 aromatic carbocycles. The Kier molecular flexibility index (Phi) is 4.04. The van der Waals surface area contributed by atoms with Crippen molar-refractivity contribution in [2.75, 3.05) is 0 Å². The van der Waals surface area contributed by atoms with Crippen LogP contribution in [0.25, 0.3) is 10.9 Å². The van der Waals surface area contributed by atoms with Crippen LogP contribution in [-0.4, -0.2) is 21.6 Å². The number of benzene rings is 2. The number of fused-ring (bicyclic) bond motifs is 3. The number of aromatic nitrogens is 1. The molecule has 0 amide bonds. The number of halogens is 2. The first kappa shape index (κ1) is 16.8. The van der Waals surface area contributed by atoms with Gasteiger partial charge in [-0.3, -0.25) is 14.2 Å². The van der Waals surface area contributed by atoms with E-state index in [1.807, 2.05) is 0 Å². The topological polar surface area (TPSA) is 59.3 Å². The van der Waals surface area contributed by atoms with Gasteiger partial charge in [0.05, 0.1) is 11.4 Å². The lowest BCUT2D eigenvalue weighted by Crippen LogP contribution is -2.24. The zero-order chi connectivity index (χ0) is 18.4. The fourth-order valence-electron chi connectivity index (χ4n) is 3.69. The van der Waals surface area contributed by atoms with Gasteiger partial charge in [-0.2, -0.15) is 0 Å². The molecular weight excluding hydrogens is 357 g/mol. The van der Waals surface area contributed by atoms with Crippen molar-refractivity contribution >= 4 is 34.4 Å². The van der Waals surface area contributed by atoms with Gasteiger partial charge in [0.2, 0.25) is 0 Å². The molecule has 1 aliphatic carbocycles. The van der Waals surface area contributed by atoms with E-state index in [-0.39, 0.29) is 5.91 Å². The number of hydrogen-bond acceptors (Lipinski definition) is 2. The molecule has 0 radical (unpaired) electrons. The van der Waals surface area contributed by atoms with Crippen molar-refractivity contribution < 1.29 is 19.1 Å². The third-order valence-electron chi connectivity index (χ3n) is 4.97. The second-order valence-electron chi connectivity index (χ2n) is 6.51. The monoisotopic (exact) mass is 371 g/mol. The molecule has 1 N–H and O–H groups in total. The molecule has 3 aromatic rings. The van der Waals surface area contributed by atoms with Gasteiger partial charge in [0.1, 0.15) is 5.82 Å². The fourth-order valence-corrected chi connectivity index (χ4v) is 3.82. The summed E-state index contributed by atoms with van der Waals surface area (Å²) in [7, 11) is 0. The number of hydrogen-bond donors (Lipinski definition) is 1. The van der Waals surface area contributed by atoms with Crippen LogP contribution in [0.15, 0.2) is 42.5 Å². The maximum atomic E-state index is 13.8. The summed E-state index contributed by atoms with van der Waals surface area (Å²) < 4.78 is 15.4. The van der Waals surface area contributed by atoms with E-state index < -0.39 is 17.7 Å². The molecule has 4 nitrogen and oxygen atoms in total. The lowest BCUT2D eigenvalue weighted by molar-refractivity contribution is -0.142. The summed E-state index contributed by atoms with van der Waals surface area (Å²) in [6.07, 6.45) is 1.21. The first-order valence-corrected chi connectivity index (χ1v) is 8.68. The molecule has 1 aliphatic rings. The van der Waals surface area contributed by atoms with Crippen LogP contribution in [0.2, 0.25) is 5.02 Å². The molecule has 6 heteroatoms. The van der Waals surface area contributed by atoms with E-state index in [0.29, 0.717) is 40.8 Å². The smallest absolute Gasteiger partial charge is 0.306 e. The van der Waals surface area contributed by atoms with Gasteiger partial charge in [-0.05, 0) is 67.3 Å². The van der Waals surface area contributed by atoms with Crippen LogP contribution in [0.4, 0.5) is 4.39 Å². The average molecular weight is 372 g/mol. The van der Waals surface area contributed by atoms with Crippen LogP contribution in [-0.2, 0) is 17.6 Å². The van der Waals surface area contributed by atoms with Crippen LogP contribution >= 0.6 is 11.6 Å². The molecule has 4 rings (SSSR count). The number of nitrogens with zero attached hydrogens (tertiary/aromatic N) is 1. The largest absolute Gasteiger partial charge is 0.481 e. The molecule has 0 saturated carbocycles. The zero-order valence-corrected chi connectivity index (χ0v) is 14.5. The lowest BCUT2D eigenvalue weighted by Gasteiger charge is -2.20. The van der Waals surface area contributed by atoms with E-state index in [1.54, 1.807) is 34.9 Å². The standard InChI is InChI=1S/C20H15ClFNO3/c21-13-4-1-11(2-5-13)19(24)23-17-7-3-12(20(25)26)9-15(17)16-10-14(22)6-8-18(16)23/h1-2,4-6,8,10,12H,3,7,9H2,(H,25,26). The van der Waals surface area contributed by atoms with E-state index in [9.17, 15) is 19.1 Å². The summed E-state index contributed by atoms with van der Waals surface area (Å²) in [6.45, 7) is 0. The molecule has 26 heavy (non-hydrogen) atoms. The van der Waals surface area contributed by atoms with E-state index in [1.165, 1.54) is 12.1 Å². The highest BCUT2D eigenvalue weighted by atomic mass is 35.5. The van der Waals surface area contributed by atoms with Gasteiger partial charge < -0.3 is 5.11 Å². The van der Waals surface area contributed by atoms with Crippen LogP contribution < -0.4 is 0 Å². The van der Waals surface area contributed by atoms with Crippen molar-refractivity contribution in [3.8, 4) is 0 Å². The van der Waals surface area contributed by atoms with Crippen LogP contribution in [0.3, 0.4) is 0 Å². The molecule has 1 heterocycles. The second kappa shape index (κ2) is 6.25. The first-order chi connectivity index (χ1) is 12.5. The van der Waals surface area contributed by atoms with Gasteiger partial charge in [-0.15, -0.1) is 0 Å². The predicted molar refractivity (Wildman–Crippen MR) is 96.2 cm³/mol. The molecular formula is C20H15ClFNO3. The highest BCUT2D eigenvalue weighted by molar-refractivity contribution is 6.30. The minimum atomic E-state index is -0.864. The Hall–Kier alpha value is -2.66. The Morgan fingerprint density at radius 1 is 1.15 bits per heavy atom. The molecule has 0 fully saturated rings. The van der Waals surface area contributed by atoms with E-state index in [0.717, 1.165) is 11.3 Å². The second-order valence-corrected chi connectivity index (χ2v) is 6.95. The van der Waals surface area contributed by atoms with Gasteiger partial charge in [0, 0.05) is 21.7 Å². The predicted octanol–water partition coefficient (Wildman–Crippen LogP) is 4.31. The van der Waals surface area contributed by atoms with E-state index in [2.05, 4.69) is 0 Å². The highest BCUT2D eigenvalue weighted by Gasteiger charge is 2.31. The Morgan fingerprint density at radius 2 is 1.88 bits per heavy atom. The van der Waals surface area contributed by atoms with E-state index >= 15 is 0 Å².